The number of carbonyl (C=O) groups excluding carboxylic acids is 1. The van der Waals surface area contributed by atoms with Gasteiger partial charge < -0.3 is 15.2 Å². The molecular formula is C35H40N4O. The minimum Gasteiger partial charge on any atom is -0.349 e. The summed E-state index contributed by atoms with van der Waals surface area (Å²) in [6.07, 6.45) is 6.25. The zero-order chi connectivity index (χ0) is 27.5. The molecule has 3 aromatic carbocycles. The van der Waals surface area contributed by atoms with E-state index in [1.807, 2.05) is 30.3 Å². The van der Waals surface area contributed by atoms with Crippen molar-refractivity contribution in [1.29, 1.82) is 0 Å². The van der Waals surface area contributed by atoms with E-state index in [-0.39, 0.29) is 17.4 Å². The molecule has 0 unspecified atom stereocenters. The molecule has 2 aliphatic rings. The number of nitrogens with one attached hydrogen (secondary N) is 2. The standard InChI is InChI=1S/C35H40N4O/c1-3-32-25(2)36-34(38-32)35(30-17-9-7-15-28(30)29-16-8-10-18-31(29)35)21-11-12-22-39-23-19-27(20-24-39)37-33(40)26-13-5-4-6-14-26/h4-10,13-18,27H,3,11-12,19-24H2,1-2H3,(H,36,38)(H,37,40). The fourth-order valence-electron chi connectivity index (χ4n) is 6.90. The molecule has 2 N–H and O–H groups in total. The molecule has 5 heteroatoms. The number of aromatic nitrogens is 2. The molecule has 1 saturated heterocycles. The fraction of sp³-hybridized carbons (Fsp3) is 0.371. The molecule has 0 radical (unpaired) electrons. The zero-order valence-corrected chi connectivity index (χ0v) is 23.7. The van der Waals surface area contributed by atoms with Gasteiger partial charge in [-0.15, -0.1) is 0 Å². The average molecular weight is 533 g/mol. The molecule has 4 aromatic rings. The van der Waals surface area contributed by atoms with Crippen LogP contribution in [0.4, 0.5) is 0 Å². The van der Waals surface area contributed by atoms with Gasteiger partial charge in [0, 0.05) is 30.4 Å². The number of hydrogen-bond acceptors (Lipinski definition) is 3. The van der Waals surface area contributed by atoms with Crippen molar-refractivity contribution in [3.63, 3.8) is 0 Å². The van der Waals surface area contributed by atoms with E-state index >= 15 is 0 Å². The number of benzene rings is 3. The number of likely N-dealkylation sites (tertiary alicyclic amines) is 1. The van der Waals surface area contributed by atoms with Crippen molar-refractivity contribution in [2.75, 3.05) is 19.6 Å². The van der Waals surface area contributed by atoms with Gasteiger partial charge in [-0.05, 0) is 80.0 Å². The Balaban J connectivity index is 1.13. The van der Waals surface area contributed by atoms with E-state index in [2.05, 4.69) is 77.6 Å². The minimum atomic E-state index is -0.250. The van der Waals surface area contributed by atoms with E-state index in [1.165, 1.54) is 33.6 Å². The summed E-state index contributed by atoms with van der Waals surface area (Å²) in [5.41, 5.74) is 8.27. The summed E-state index contributed by atoms with van der Waals surface area (Å²) in [6, 6.07) is 27.6. The Kier molecular flexibility index (Phi) is 7.57. The first-order valence-corrected chi connectivity index (χ1v) is 14.9. The second-order valence-electron chi connectivity index (χ2n) is 11.4. The quantitative estimate of drug-likeness (QED) is 0.237. The van der Waals surface area contributed by atoms with Crippen LogP contribution in [-0.4, -0.2) is 46.5 Å². The molecule has 0 atom stereocenters. The molecule has 1 amide bonds. The monoisotopic (exact) mass is 532 g/mol. The summed E-state index contributed by atoms with van der Waals surface area (Å²) >= 11 is 0. The first-order chi connectivity index (χ1) is 19.6. The highest BCUT2D eigenvalue weighted by Crippen LogP contribution is 2.54. The predicted octanol–water partition coefficient (Wildman–Crippen LogP) is 6.66. The molecule has 6 rings (SSSR count). The Labute approximate surface area is 238 Å². The maximum absolute atomic E-state index is 12.6. The highest BCUT2D eigenvalue weighted by molar-refractivity contribution is 5.94. The number of piperidine rings is 1. The van der Waals surface area contributed by atoms with Crippen molar-refractivity contribution in [1.82, 2.24) is 20.2 Å². The third-order valence-corrected chi connectivity index (χ3v) is 9.02. The largest absolute Gasteiger partial charge is 0.349 e. The molecular weight excluding hydrogens is 492 g/mol. The maximum Gasteiger partial charge on any atom is 0.251 e. The number of amides is 1. The van der Waals surface area contributed by atoms with E-state index in [1.54, 1.807) is 0 Å². The summed E-state index contributed by atoms with van der Waals surface area (Å²) in [5.74, 6) is 1.13. The SMILES string of the molecule is CCc1nc(C2(CCCCN3CCC(NC(=O)c4ccccc4)CC3)c3ccccc3-c3ccccc32)[nH]c1C. The summed E-state index contributed by atoms with van der Waals surface area (Å²) in [4.78, 5) is 24.1. The second-order valence-corrected chi connectivity index (χ2v) is 11.4. The van der Waals surface area contributed by atoms with Gasteiger partial charge in [0.1, 0.15) is 5.82 Å². The number of aryl methyl sites for hydroxylation is 2. The van der Waals surface area contributed by atoms with Gasteiger partial charge >= 0.3 is 0 Å². The van der Waals surface area contributed by atoms with Gasteiger partial charge in [0.25, 0.3) is 5.91 Å². The van der Waals surface area contributed by atoms with Crippen LogP contribution >= 0.6 is 0 Å². The highest BCUT2D eigenvalue weighted by atomic mass is 16.1. The highest BCUT2D eigenvalue weighted by Gasteiger charge is 2.46. The number of nitrogens with zero attached hydrogens (tertiary/aromatic N) is 2. The molecule has 5 nitrogen and oxygen atoms in total. The lowest BCUT2D eigenvalue weighted by molar-refractivity contribution is 0.0910. The molecule has 0 saturated carbocycles. The third-order valence-electron chi connectivity index (χ3n) is 9.02. The maximum atomic E-state index is 12.6. The molecule has 206 valence electrons. The van der Waals surface area contributed by atoms with Crippen molar-refractivity contribution >= 4 is 5.91 Å². The normalized spacial score (nSPS) is 16.4. The molecule has 2 heterocycles. The lowest BCUT2D eigenvalue weighted by Crippen LogP contribution is -2.44. The van der Waals surface area contributed by atoms with Crippen LogP contribution in [0.3, 0.4) is 0 Å². The number of carbonyl (C=O) groups is 1. The number of rotatable bonds is 9. The molecule has 1 aliphatic carbocycles. The Morgan fingerprint density at radius 3 is 2.17 bits per heavy atom. The van der Waals surface area contributed by atoms with Gasteiger partial charge in [0.15, 0.2) is 0 Å². The van der Waals surface area contributed by atoms with Crippen molar-refractivity contribution in [3.05, 3.63) is 113 Å². The first kappa shape index (κ1) is 26.5. The molecule has 1 aromatic heterocycles. The van der Waals surface area contributed by atoms with Crippen molar-refractivity contribution < 1.29 is 4.79 Å². The van der Waals surface area contributed by atoms with E-state index < -0.39 is 0 Å². The van der Waals surface area contributed by atoms with Crippen LogP contribution in [0.15, 0.2) is 78.9 Å². The molecule has 0 spiro atoms. The number of imidazole rings is 1. The number of hydrogen-bond donors (Lipinski definition) is 2. The van der Waals surface area contributed by atoms with Gasteiger partial charge in [-0.25, -0.2) is 4.98 Å². The third kappa shape index (κ3) is 4.88. The molecule has 1 fully saturated rings. The molecule has 0 bridgehead atoms. The first-order valence-electron chi connectivity index (χ1n) is 14.9. The molecule has 1 aliphatic heterocycles. The summed E-state index contributed by atoms with van der Waals surface area (Å²) in [6.45, 7) is 7.51. The number of H-pyrrole nitrogens is 1. The average Bonchev–Trinajstić information content (AvgIpc) is 3.52. The van der Waals surface area contributed by atoms with Crippen LogP contribution < -0.4 is 5.32 Å². The van der Waals surface area contributed by atoms with E-state index in [4.69, 9.17) is 4.98 Å². The Hall–Kier alpha value is -3.70. The van der Waals surface area contributed by atoms with Crippen molar-refractivity contribution in [2.45, 2.75) is 63.8 Å². The predicted molar refractivity (Wildman–Crippen MR) is 162 cm³/mol. The number of fused-ring (bicyclic) bond motifs is 3. The Morgan fingerprint density at radius 1 is 0.925 bits per heavy atom. The van der Waals surface area contributed by atoms with Crippen molar-refractivity contribution in [3.8, 4) is 11.1 Å². The van der Waals surface area contributed by atoms with E-state index in [9.17, 15) is 4.79 Å². The van der Waals surface area contributed by atoms with Crippen LogP contribution in [0, 0.1) is 6.92 Å². The Bertz CT molecular complexity index is 1420. The van der Waals surface area contributed by atoms with Gasteiger partial charge in [-0.3, -0.25) is 4.79 Å². The van der Waals surface area contributed by atoms with Crippen LogP contribution in [-0.2, 0) is 11.8 Å². The molecule has 40 heavy (non-hydrogen) atoms. The minimum absolute atomic E-state index is 0.0425. The van der Waals surface area contributed by atoms with Gasteiger partial charge in [-0.2, -0.15) is 0 Å². The van der Waals surface area contributed by atoms with Gasteiger partial charge in [0.2, 0.25) is 0 Å². The Morgan fingerprint density at radius 2 is 1.55 bits per heavy atom. The van der Waals surface area contributed by atoms with Crippen LogP contribution in [0.5, 0.6) is 0 Å². The summed E-state index contributed by atoms with van der Waals surface area (Å²) in [7, 11) is 0. The zero-order valence-electron chi connectivity index (χ0n) is 23.7. The lowest BCUT2D eigenvalue weighted by Gasteiger charge is -2.33. The van der Waals surface area contributed by atoms with E-state index in [0.717, 1.165) is 69.5 Å². The van der Waals surface area contributed by atoms with Crippen LogP contribution in [0.25, 0.3) is 11.1 Å². The van der Waals surface area contributed by atoms with Crippen molar-refractivity contribution in [2.24, 2.45) is 0 Å². The smallest absolute Gasteiger partial charge is 0.251 e. The lowest BCUT2D eigenvalue weighted by atomic mass is 9.73. The van der Waals surface area contributed by atoms with E-state index in [0.29, 0.717) is 0 Å². The second kappa shape index (κ2) is 11.4. The topological polar surface area (TPSA) is 61.0 Å². The fourth-order valence-corrected chi connectivity index (χ4v) is 6.90. The van der Waals surface area contributed by atoms with Gasteiger partial charge in [-0.1, -0.05) is 80.1 Å². The van der Waals surface area contributed by atoms with Crippen LogP contribution in [0.1, 0.15) is 77.7 Å². The number of unbranched alkanes of at least 4 members (excludes halogenated alkanes) is 1. The number of aromatic amines is 1. The summed E-state index contributed by atoms with van der Waals surface area (Å²) < 4.78 is 0. The summed E-state index contributed by atoms with van der Waals surface area (Å²) in [5, 5.41) is 3.24. The van der Waals surface area contributed by atoms with Gasteiger partial charge in [0.05, 0.1) is 11.1 Å². The van der Waals surface area contributed by atoms with Crippen LogP contribution in [0.2, 0.25) is 0 Å².